The van der Waals surface area contributed by atoms with Gasteiger partial charge in [0.05, 0.1) is 0 Å². The number of thiocarbonyl (C=S) groups is 1. The molecule has 1 atom stereocenters. The summed E-state index contributed by atoms with van der Waals surface area (Å²) in [5, 5.41) is 7.87. The van der Waals surface area contributed by atoms with Crippen LogP contribution in [0.4, 0.5) is 5.69 Å². The number of benzene rings is 1. The molecule has 0 radical (unpaired) electrons. The highest BCUT2D eigenvalue weighted by molar-refractivity contribution is 7.80. The van der Waals surface area contributed by atoms with Gasteiger partial charge in [-0.1, -0.05) is 12.1 Å². The van der Waals surface area contributed by atoms with Crippen LogP contribution < -0.4 is 10.6 Å². The molecule has 24 heavy (non-hydrogen) atoms. The van der Waals surface area contributed by atoms with Crippen LogP contribution in [0, 0.1) is 37.0 Å². The Labute approximate surface area is 151 Å². The highest BCUT2D eigenvalue weighted by Gasteiger charge is 2.53. The quantitative estimate of drug-likeness (QED) is 0.739. The smallest absolute Gasteiger partial charge is 0.171 e. The molecule has 2 nitrogen and oxygen atoms in total. The van der Waals surface area contributed by atoms with Gasteiger partial charge in [-0.15, -0.1) is 0 Å². The molecule has 4 fully saturated rings. The molecule has 0 aliphatic heterocycles. The lowest BCUT2D eigenvalue weighted by atomic mass is 9.48. The summed E-state index contributed by atoms with van der Waals surface area (Å²) in [6, 6.07) is 6.83. The van der Waals surface area contributed by atoms with Crippen LogP contribution in [0.1, 0.15) is 56.6 Å². The van der Waals surface area contributed by atoms with Crippen LogP contribution in [0.25, 0.3) is 0 Å². The first-order valence-electron chi connectivity index (χ1n) is 9.59. The van der Waals surface area contributed by atoms with Crippen LogP contribution in [0.3, 0.4) is 0 Å². The molecule has 0 aromatic heterocycles. The predicted molar refractivity (Wildman–Crippen MR) is 105 cm³/mol. The maximum atomic E-state index is 5.65. The van der Waals surface area contributed by atoms with Gasteiger partial charge in [-0.3, -0.25) is 0 Å². The summed E-state index contributed by atoms with van der Waals surface area (Å²) in [6.45, 7) is 6.67. The lowest BCUT2D eigenvalue weighted by Gasteiger charge is -2.59. The minimum Gasteiger partial charge on any atom is -0.359 e. The fourth-order valence-corrected chi connectivity index (χ4v) is 6.39. The van der Waals surface area contributed by atoms with Crippen molar-refractivity contribution < 1.29 is 0 Å². The molecule has 4 aliphatic rings. The number of aryl methyl sites for hydroxylation is 1. The Morgan fingerprint density at radius 1 is 1.08 bits per heavy atom. The van der Waals surface area contributed by atoms with E-state index in [1.807, 2.05) is 0 Å². The third-order valence-corrected chi connectivity index (χ3v) is 7.42. The Balaban J connectivity index is 1.43. The van der Waals surface area contributed by atoms with E-state index in [4.69, 9.17) is 12.2 Å². The Kier molecular flexibility index (Phi) is 4.11. The van der Waals surface area contributed by atoms with E-state index in [9.17, 15) is 0 Å². The van der Waals surface area contributed by atoms with Crippen molar-refractivity contribution in [3.8, 4) is 0 Å². The van der Waals surface area contributed by atoms with E-state index in [0.717, 1.165) is 28.6 Å². The Morgan fingerprint density at radius 2 is 1.67 bits per heavy atom. The lowest BCUT2D eigenvalue weighted by Crippen LogP contribution is -2.56. The topological polar surface area (TPSA) is 24.1 Å². The zero-order valence-electron chi connectivity index (χ0n) is 15.2. The van der Waals surface area contributed by atoms with Gasteiger partial charge in [-0.25, -0.2) is 0 Å². The largest absolute Gasteiger partial charge is 0.359 e. The highest BCUT2D eigenvalue weighted by atomic mass is 32.1. The van der Waals surface area contributed by atoms with Crippen LogP contribution >= 0.6 is 12.2 Å². The standard InChI is InChI=1S/C21H30N2S/c1-13-5-4-6-19(14(13)2)23-20(24)22-15(3)21-10-16-7-17(11-21)9-18(8-16)12-21/h4-6,15-18H,7-12H2,1-3H3,(H2,22,23,24)/t15-,16?,17?,18?,21?/m0/s1. The van der Waals surface area contributed by atoms with Crippen molar-refractivity contribution in [2.24, 2.45) is 23.2 Å². The number of hydrogen-bond acceptors (Lipinski definition) is 1. The molecule has 2 N–H and O–H groups in total. The molecule has 0 heterocycles. The maximum Gasteiger partial charge on any atom is 0.171 e. The van der Waals surface area contributed by atoms with Crippen LogP contribution in [-0.4, -0.2) is 11.2 Å². The van der Waals surface area contributed by atoms with Gasteiger partial charge in [0.25, 0.3) is 0 Å². The number of anilines is 1. The second-order valence-electron chi connectivity index (χ2n) is 8.85. The average molecular weight is 343 g/mol. The van der Waals surface area contributed by atoms with Gasteiger partial charge in [-0.05, 0) is 112 Å². The minimum atomic E-state index is 0.469. The molecule has 4 bridgehead atoms. The van der Waals surface area contributed by atoms with E-state index < -0.39 is 0 Å². The normalized spacial score (nSPS) is 34.9. The first kappa shape index (κ1) is 16.4. The summed E-state index contributed by atoms with van der Waals surface area (Å²) in [7, 11) is 0. The fourth-order valence-electron chi connectivity index (χ4n) is 6.10. The Morgan fingerprint density at radius 3 is 2.25 bits per heavy atom. The number of nitrogens with one attached hydrogen (secondary N) is 2. The zero-order valence-corrected chi connectivity index (χ0v) is 16.0. The molecule has 0 unspecified atom stereocenters. The number of hydrogen-bond donors (Lipinski definition) is 2. The molecule has 3 heteroatoms. The first-order valence-corrected chi connectivity index (χ1v) is 10.00. The van der Waals surface area contributed by atoms with Gasteiger partial charge < -0.3 is 10.6 Å². The number of rotatable bonds is 3. The van der Waals surface area contributed by atoms with E-state index >= 15 is 0 Å². The monoisotopic (exact) mass is 342 g/mol. The van der Waals surface area contributed by atoms with Crippen LogP contribution in [0.5, 0.6) is 0 Å². The van der Waals surface area contributed by atoms with E-state index in [2.05, 4.69) is 49.6 Å². The second-order valence-corrected chi connectivity index (χ2v) is 9.26. The van der Waals surface area contributed by atoms with Crippen LogP contribution in [0.2, 0.25) is 0 Å². The third-order valence-electron chi connectivity index (χ3n) is 7.20. The molecule has 1 aromatic rings. The second kappa shape index (κ2) is 6.01. The van der Waals surface area contributed by atoms with Crippen molar-refractivity contribution in [2.45, 2.75) is 65.3 Å². The first-order chi connectivity index (χ1) is 11.4. The highest BCUT2D eigenvalue weighted by Crippen LogP contribution is 2.61. The van der Waals surface area contributed by atoms with Crippen molar-refractivity contribution in [3.05, 3.63) is 29.3 Å². The molecular weight excluding hydrogens is 312 g/mol. The van der Waals surface area contributed by atoms with Crippen molar-refractivity contribution in [1.82, 2.24) is 5.32 Å². The van der Waals surface area contributed by atoms with Crippen molar-refractivity contribution >= 4 is 23.0 Å². The minimum absolute atomic E-state index is 0.469. The SMILES string of the molecule is Cc1cccc(NC(=S)N[C@@H](C)C23CC4CC(CC(C4)C2)C3)c1C. The molecule has 5 rings (SSSR count). The van der Waals surface area contributed by atoms with Gasteiger partial charge >= 0.3 is 0 Å². The van der Waals surface area contributed by atoms with Crippen molar-refractivity contribution in [2.75, 3.05) is 5.32 Å². The van der Waals surface area contributed by atoms with Gasteiger partial charge in [0.1, 0.15) is 0 Å². The maximum absolute atomic E-state index is 5.65. The summed E-state index contributed by atoms with van der Waals surface area (Å²) >= 11 is 5.65. The average Bonchev–Trinajstić information content (AvgIpc) is 2.50. The lowest BCUT2D eigenvalue weighted by molar-refractivity contribution is -0.0671. The molecule has 130 valence electrons. The fraction of sp³-hybridized carbons (Fsp3) is 0.667. The Bertz CT molecular complexity index is 616. The molecule has 4 saturated carbocycles. The predicted octanol–water partition coefficient (Wildman–Crippen LogP) is 5.19. The molecule has 0 amide bonds. The van der Waals surface area contributed by atoms with Crippen molar-refractivity contribution in [1.29, 1.82) is 0 Å². The van der Waals surface area contributed by atoms with Gasteiger partial charge in [-0.2, -0.15) is 0 Å². The van der Waals surface area contributed by atoms with E-state index in [-0.39, 0.29) is 0 Å². The van der Waals surface area contributed by atoms with Crippen molar-refractivity contribution in [3.63, 3.8) is 0 Å². The zero-order chi connectivity index (χ0) is 16.9. The van der Waals surface area contributed by atoms with Crippen LogP contribution in [0.15, 0.2) is 18.2 Å². The molecular formula is C21H30N2S. The van der Waals surface area contributed by atoms with Crippen LogP contribution in [-0.2, 0) is 0 Å². The molecule has 1 aromatic carbocycles. The third kappa shape index (κ3) is 2.85. The molecule has 0 spiro atoms. The molecule has 4 aliphatic carbocycles. The summed E-state index contributed by atoms with van der Waals surface area (Å²) in [6.07, 6.45) is 8.74. The van der Waals surface area contributed by atoms with E-state index in [0.29, 0.717) is 11.5 Å². The summed E-state index contributed by atoms with van der Waals surface area (Å²) < 4.78 is 0. The molecule has 0 saturated heterocycles. The Hall–Kier alpha value is -1.09. The van der Waals surface area contributed by atoms with Gasteiger partial charge in [0, 0.05) is 11.7 Å². The van der Waals surface area contributed by atoms with Gasteiger partial charge in [0.15, 0.2) is 5.11 Å². The summed E-state index contributed by atoms with van der Waals surface area (Å²) in [5.74, 6) is 2.96. The van der Waals surface area contributed by atoms with E-state index in [1.165, 1.54) is 49.7 Å². The van der Waals surface area contributed by atoms with Gasteiger partial charge in [0.2, 0.25) is 0 Å². The van der Waals surface area contributed by atoms with E-state index in [1.54, 1.807) is 0 Å². The summed E-state index contributed by atoms with van der Waals surface area (Å²) in [4.78, 5) is 0. The summed E-state index contributed by atoms with van der Waals surface area (Å²) in [5.41, 5.74) is 4.20.